The molecule has 1 atom stereocenters. The van der Waals surface area contributed by atoms with Crippen LogP contribution in [0.15, 0.2) is 24.3 Å². The molecule has 1 radical (unpaired) electrons. The highest BCUT2D eigenvalue weighted by Gasteiger charge is 1.92. The Morgan fingerprint density at radius 3 is 2.33 bits per heavy atom. The van der Waals surface area contributed by atoms with Gasteiger partial charge in [-0.2, -0.15) is 0 Å². The zero-order valence-electron chi connectivity index (χ0n) is 4.66. The molecule has 0 aliphatic rings. The Labute approximate surface area is 54.0 Å². The Morgan fingerprint density at radius 1 is 1.44 bits per heavy atom. The highest BCUT2D eigenvalue weighted by atomic mass is 31.1. The topological polar surface area (TPSA) is 37.3 Å². The summed E-state index contributed by atoms with van der Waals surface area (Å²) >= 11 is 0. The van der Waals surface area contributed by atoms with Crippen molar-refractivity contribution in [2.75, 3.05) is 0 Å². The summed E-state index contributed by atoms with van der Waals surface area (Å²) in [6.07, 6.45) is 0. The molecule has 1 unspecified atom stereocenters. The third kappa shape index (κ3) is 1.67. The number of benzene rings is 1. The Bertz CT molecular complexity index is 208. The monoisotopic (exact) mass is 141 g/mol. The predicted molar refractivity (Wildman–Crippen MR) is 36.1 cm³/mol. The van der Waals surface area contributed by atoms with E-state index in [0.717, 1.165) is 0 Å². The van der Waals surface area contributed by atoms with E-state index >= 15 is 0 Å². The van der Waals surface area contributed by atoms with E-state index in [0.29, 0.717) is 5.30 Å². The molecule has 0 saturated heterocycles. The van der Waals surface area contributed by atoms with Crippen LogP contribution in [0.4, 0.5) is 0 Å². The van der Waals surface area contributed by atoms with Crippen LogP contribution in [-0.4, -0.2) is 4.89 Å². The summed E-state index contributed by atoms with van der Waals surface area (Å²) in [6, 6.07) is 9.16. The lowest BCUT2D eigenvalue weighted by molar-refractivity contribution is 0.513. The van der Waals surface area contributed by atoms with E-state index < -0.39 is 8.03 Å². The average Bonchev–Trinajstić information content (AvgIpc) is 1.90. The van der Waals surface area contributed by atoms with E-state index in [1.807, 2.05) is 0 Å². The van der Waals surface area contributed by atoms with Gasteiger partial charge in [-0.1, -0.05) is 12.1 Å². The fraction of sp³-hybridized carbons (Fsp3) is 0. The van der Waals surface area contributed by atoms with E-state index in [9.17, 15) is 4.57 Å². The third-order valence-electron chi connectivity index (χ3n) is 0.965. The van der Waals surface area contributed by atoms with E-state index in [-0.39, 0.29) is 0 Å². The zero-order valence-corrected chi connectivity index (χ0v) is 5.66. The molecule has 0 bridgehead atoms. The van der Waals surface area contributed by atoms with Gasteiger partial charge in [-0.15, -0.1) is 0 Å². The highest BCUT2D eigenvalue weighted by Crippen LogP contribution is 2.10. The van der Waals surface area contributed by atoms with Gasteiger partial charge in [0.05, 0.1) is 0 Å². The Hall–Kier alpha value is -0.590. The van der Waals surface area contributed by atoms with Gasteiger partial charge in [0.25, 0.3) is 0 Å². The molecule has 0 aliphatic carbocycles. The quantitative estimate of drug-likeness (QED) is 0.581. The average molecular weight is 141 g/mol. The second kappa shape index (κ2) is 2.81. The molecule has 1 aromatic rings. The van der Waals surface area contributed by atoms with Crippen molar-refractivity contribution in [3.63, 3.8) is 0 Å². The SMILES string of the molecule is O=[PH](O)c1cc[c]cc1. The lowest BCUT2D eigenvalue weighted by Gasteiger charge is -1.89. The van der Waals surface area contributed by atoms with Crippen molar-refractivity contribution in [3.05, 3.63) is 30.3 Å². The molecule has 0 aromatic heterocycles. The number of rotatable bonds is 1. The normalized spacial score (nSPS) is 13.0. The standard InChI is InChI=1S/C6H6O2P/c7-9(8)6-4-2-1-3-5-6/h2-5,9H,(H,7,8). The molecule has 1 N–H and O–H groups in total. The molecule has 0 amide bonds. The van der Waals surface area contributed by atoms with Crippen LogP contribution in [0.25, 0.3) is 0 Å². The number of hydrogen-bond acceptors (Lipinski definition) is 1. The smallest absolute Gasteiger partial charge is 0.218 e. The maximum atomic E-state index is 10.4. The van der Waals surface area contributed by atoms with Crippen LogP contribution >= 0.6 is 8.03 Å². The molecular formula is C6H6O2P. The molecule has 0 heterocycles. The minimum atomic E-state index is -2.48. The van der Waals surface area contributed by atoms with E-state index in [1.54, 1.807) is 24.3 Å². The molecule has 0 saturated carbocycles. The first-order chi connectivity index (χ1) is 4.30. The van der Waals surface area contributed by atoms with Crippen molar-refractivity contribution < 1.29 is 9.46 Å². The van der Waals surface area contributed by atoms with Crippen LogP contribution < -0.4 is 5.30 Å². The van der Waals surface area contributed by atoms with Gasteiger partial charge in [0, 0.05) is 5.30 Å². The summed E-state index contributed by atoms with van der Waals surface area (Å²) in [5.41, 5.74) is 0. The van der Waals surface area contributed by atoms with Crippen LogP contribution in [-0.2, 0) is 4.57 Å². The maximum absolute atomic E-state index is 10.4. The fourth-order valence-corrected chi connectivity index (χ4v) is 0.981. The van der Waals surface area contributed by atoms with Gasteiger partial charge in [0.2, 0.25) is 8.03 Å². The van der Waals surface area contributed by atoms with Gasteiger partial charge < -0.3 is 4.89 Å². The number of hydrogen-bond donors (Lipinski definition) is 1. The van der Waals surface area contributed by atoms with E-state index in [4.69, 9.17) is 4.89 Å². The van der Waals surface area contributed by atoms with E-state index in [2.05, 4.69) is 6.07 Å². The van der Waals surface area contributed by atoms with Gasteiger partial charge in [0.1, 0.15) is 0 Å². The van der Waals surface area contributed by atoms with Crippen molar-refractivity contribution >= 4 is 13.3 Å². The minimum Gasteiger partial charge on any atom is -0.343 e. The Kier molecular flexibility index (Phi) is 2.04. The van der Waals surface area contributed by atoms with Gasteiger partial charge >= 0.3 is 0 Å². The van der Waals surface area contributed by atoms with E-state index in [1.165, 1.54) is 0 Å². The van der Waals surface area contributed by atoms with Crippen molar-refractivity contribution in [2.24, 2.45) is 0 Å². The first-order valence-corrected chi connectivity index (χ1v) is 3.85. The van der Waals surface area contributed by atoms with Crippen LogP contribution in [0.2, 0.25) is 0 Å². The predicted octanol–water partition coefficient (Wildman–Crippen LogP) is 0.579. The van der Waals surface area contributed by atoms with Crippen molar-refractivity contribution in [1.82, 2.24) is 0 Å². The molecule has 0 spiro atoms. The van der Waals surface area contributed by atoms with Gasteiger partial charge in [-0.25, -0.2) is 0 Å². The molecule has 1 aromatic carbocycles. The van der Waals surface area contributed by atoms with Gasteiger partial charge in [0.15, 0.2) is 0 Å². The Morgan fingerprint density at radius 2 is 2.00 bits per heavy atom. The van der Waals surface area contributed by atoms with Crippen molar-refractivity contribution in [1.29, 1.82) is 0 Å². The van der Waals surface area contributed by atoms with Crippen LogP contribution in [0.3, 0.4) is 0 Å². The molecular weight excluding hydrogens is 135 g/mol. The van der Waals surface area contributed by atoms with Crippen molar-refractivity contribution in [3.8, 4) is 0 Å². The first kappa shape index (κ1) is 6.53. The van der Waals surface area contributed by atoms with Gasteiger partial charge in [-0.05, 0) is 18.2 Å². The summed E-state index contributed by atoms with van der Waals surface area (Å²) in [7, 11) is -2.48. The fourth-order valence-electron chi connectivity index (χ4n) is 0.529. The lowest BCUT2D eigenvalue weighted by atomic mass is 10.4. The minimum absolute atomic E-state index is 0.485. The van der Waals surface area contributed by atoms with Crippen LogP contribution in [0.5, 0.6) is 0 Å². The summed E-state index contributed by atoms with van der Waals surface area (Å²) < 4.78 is 10.4. The summed E-state index contributed by atoms with van der Waals surface area (Å²) in [5, 5.41) is 0.485. The molecule has 3 heteroatoms. The second-order valence-electron chi connectivity index (χ2n) is 1.59. The van der Waals surface area contributed by atoms with Crippen LogP contribution in [0, 0.1) is 6.07 Å². The Balaban J connectivity index is 2.98. The largest absolute Gasteiger partial charge is 0.343 e. The van der Waals surface area contributed by atoms with Gasteiger partial charge in [-0.3, -0.25) is 4.57 Å². The summed E-state index contributed by atoms with van der Waals surface area (Å²) in [6.45, 7) is 0. The summed E-state index contributed by atoms with van der Waals surface area (Å²) in [5.74, 6) is 0. The maximum Gasteiger partial charge on any atom is 0.218 e. The molecule has 47 valence electrons. The summed E-state index contributed by atoms with van der Waals surface area (Å²) in [4.78, 5) is 8.56. The third-order valence-corrected chi connectivity index (χ3v) is 1.79. The first-order valence-electron chi connectivity index (χ1n) is 2.50. The van der Waals surface area contributed by atoms with Crippen LogP contribution in [0.1, 0.15) is 0 Å². The molecule has 0 fully saturated rings. The lowest BCUT2D eigenvalue weighted by Crippen LogP contribution is -1.91. The molecule has 2 nitrogen and oxygen atoms in total. The molecule has 0 aliphatic heterocycles. The highest BCUT2D eigenvalue weighted by molar-refractivity contribution is 7.47. The zero-order chi connectivity index (χ0) is 6.69. The second-order valence-corrected chi connectivity index (χ2v) is 2.78. The van der Waals surface area contributed by atoms with Crippen molar-refractivity contribution in [2.45, 2.75) is 0 Å². The molecule has 9 heavy (non-hydrogen) atoms. The molecule has 1 rings (SSSR count).